The molecule has 0 spiro atoms. The van der Waals surface area contributed by atoms with E-state index in [0.29, 0.717) is 24.1 Å². The average Bonchev–Trinajstić information content (AvgIpc) is 3.34. The first kappa shape index (κ1) is 20.4. The Hall–Kier alpha value is -2.48. The first-order valence-electron chi connectivity index (χ1n) is 10.4. The van der Waals surface area contributed by atoms with Crippen molar-refractivity contribution in [2.24, 2.45) is 0 Å². The smallest absolute Gasteiger partial charge is 0.257 e. The molecule has 4 aromatic rings. The molecule has 0 saturated heterocycles. The molecule has 160 valence electrons. The predicted molar refractivity (Wildman–Crippen MR) is 120 cm³/mol. The summed E-state index contributed by atoms with van der Waals surface area (Å²) in [7, 11) is 0. The lowest BCUT2D eigenvalue weighted by molar-refractivity contribution is 0.359. The van der Waals surface area contributed by atoms with Gasteiger partial charge in [0, 0.05) is 29.6 Å². The van der Waals surface area contributed by atoms with Gasteiger partial charge < -0.3 is 9.84 Å². The highest BCUT2D eigenvalue weighted by atomic mass is 35.5. The molecule has 0 bridgehead atoms. The van der Waals surface area contributed by atoms with Crippen molar-refractivity contribution in [1.29, 1.82) is 0 Å². The zero-order valence-corrected chi connectivity index (χ0v) is 18.4. The molecular formula is C22H22Cl2N6O. The van der Waals surface area contributed by atoms with Crippen LogP contribution in [0.4, 0.5) is 0 Å². The van der Waals surface area contributed by atoms with Crippen LogP contribution in [0.5, 0.6) is 0 Å². The van der Waals surface area contributed by atoms with Crippen molar-refractivity contribution in [3.63, 3.8) is 0 Å². The predicted octanol–water partition coefficient (Wildman–Crippen LogP) is 4.92. The first-order chi connectivity index (χ1) is 14.8. The highest BCUT2D eigenvalue weighted by molar-refractivity contribution is 6.30. The summed E-state index contributed by atoms with van der Waals surface area (Å²) in [5.41, 5.74) is 3.98. The van der Waals surface area contributed by atoms with Crippen LogP contribution in [0.1, 0.15) is 60.4 Å². The van der Waals surface area contributed by atoms with Crippen LogP contribution in [0.25, 0.3) is 16.8 Å². The van der Waals surface area contributed by atoms with E-state index in [1.807, 2.05) is 24.3 Å². The highest BCUT2D eigenvalue weighted by Crippen LogP contribution is 2.42. The largest absolute Gasteiger partial charge is 0.336 e. The summed E-state index contributed by atoms with van der Waals surface area (Å²) in [6.07, 6.45) is 5.94. The van der Waals surface area contributed by atoms with Crippen molar-refractivity contribution >= 4 is 35.1 Å². The van der Waals surface area contributed by atoms with Crippen molar-refractivity contribution in [3.05, 3.63) is 64.5 Å². The topological polar surface area (TPSA) is 81.7 Å². The fraction of sp³-hybridized carbons (Fsp3) is 0.364. The Morgan fingerprint density at radius 2 is 1.87 bits per heavy atom. The second-order valence-corrected chi connectivity index (χ2v) is 8.60. The van der Waals surface area contributed by atoms with Gasteiger partial charge in [-0.3, -0.25) is 4.57 Å². The zero-order chi connectivity index (χ0) is 20.1. The fourth-order valence-electron chi connectivity index (χ4n) is 4.91. The summed E-state index contributed by atoms with van der Waals surface area (Å²) >= 11 is 6.24. The Morgan fingerprint density at radius 3 is 2.74 bits per heavy atom. The van der Waals surface area contributed by atoms with Gasteiger partial charge >= 0.3 is 0 Å². The van der Waals surface area contributed by atoms with Crippen LogP contribution in [0, 0.1) is 0 Å². The van der Waals surface area contributed by atoms with Gasteiger partial charge in [-0.1, -0.05) is 16.8 Å². The van der Waals surface area contributed by atoms with E-state index in [9.17, 15) is 0 Å². The fourth-order valence-corrected chi connectivity index (χ4v) is 5.11. The molecule has 3 aromatic heterocycles. The van der Waals surface area contributed by atoms with Crippen molar-refractivity contribution in [3.8, 4) is 5.69 Å². The number of hydrogen-bond donors (Lipinski definition) is 1. The van der Waals surface area contributed by atoms with Gasteiger partial charge in [-0.15, -0.1) is 22.6 Å². The maximum absolute atomic E-state index is 6.24. The normalized spacial score (nSPS) is 20.5. The van der Waals surface area contributed by atoms with Gasteiger partial charge in [0.1, 0.15) is 5.82 Å². The molecule has 6 rings (SSSR count). The van der Waals surface area contributed by atoms with Crippen LogP contribution in [0.3, 0.4) is 0 Å². The number of nitrogens with one attached hydrogen (secondary N) is 1. The summed E-state index contributed by atoms with van der Waals surface area (Å²) in [5, 5.41) is 18.7. The Balaban J connectivity index is 0.00000204. The second kappa shape index (κ2) is 8.22. The molecule has 7 nitrogen and oxygen atoms in total. The van der Waals surface area contributed by atoms with E-state index >= 15 is 0 Å². The molecule has 2 aliphatic rings. The Labute approximate surface area is 190 Å². The summed E-state index contributed by atoms with van der Waals surface area (Å²) < 4.78 is 7.68. The van der Waals surface area contributed by atoms with Gasteiger partial charge in [-0.25, -0.2) is 4.98 Å². The number of rotatable bonds is 2. The van der Waals surface area contributed by atoms with Crippen molar-refractivity contribution in [2.75, 3.05) is 0 Å². The van der Waals surface area contributed by atoms with E-state index in [1.165, 1.54) is 5.56 Å². The van der Waals surface area contributed by atoms with E-state index < -0.39 is 0 Å². The molecule has 9 heteroatoms. The molecule has 1 N–H and O–H groups in total. The van der Waals surface area contributed by atoms with E-state index in [2.05, 4.69) is 36.3 Å². The molecule has 0 amide bonds. The van der Waals surface area contributed by atoms with Gasteiger partial charge in [0.05, 0.1) is 23.3 Å². The molecular weight excluding hydrogens is 435 g/mol. The Bertz CT molecular complexity index is 1230. The molecule has 1 saturated carbocycles. The molecule has 0 unspecified atom stereocenters. The summed E-state index contributed by atoms with van der Waals surface area (Å²) in [6.45, 7) is 1.48. The Morgan fingerprint density at radius 1 is 1.03 bits per heavy atom. The van der Waals surface area contributed by atoms with Crippen molar-refractivity contribution < 1.29 is 4.52 Å². The lowest BCUT2D eigenvalue weighted by atomic mass is 9.79. The average molecular weight is 457 g/mol. The monoisotopic (exact) mass is 456 g/mol. The quantitative estimate of drug-likeness (QED) is 0.460. The van der Waals surface area contributed by atoms with Crippen LogP contribution >= 0.6 is 24.0 Å². The number of fused-ring (bicyclic) bond motifs is 4. The third kappa shape index (κ3) is 3.50. The lowest BCUT2D eigenvalue weighted by Gasteiger charge is -2.27. The summed E-state index contributed by atoms with van der Waals surface area (Å²) in [5.74, 6) is 2.79. The number of halogens is 2. The van der Waals surface area contributed by atoms with E-state index in [4.69, 9.17) is 16.1 Å². The molecule has 0 radical (unpaired) electrons. The van der Waals surface area contributed by atoms with Crippen LogP contribution < -0.4 is 5.32 Å². The van der Waals surface area contributed by atoms with Crippen LogP contribution in [-0.4, -0.2) is 24.9 Å². The molecule has 0 atom stereocenters. The van der Waals surface area contributed by atoms with Gasteiger partial charge in [-0.05, 0) is 61.6 Å². The summed E-state index contributed by atoms with van der Waals surface area (Å²) in [6, 6.07) is 10.1. The van der Waals surface area contributed by atoms with E-state index in [1.54, 1.807) is 6.20 Å². The number of pyridine rings is 1. The standard InChI is InChI=1S/C22H21ClN6O.ClH/c23-16-7-8-18-15(10-16)11-24-12-19-26-27-21(29(18)19)14-5-3-13(4-6-14)20-17-2-1-9-25-22(17)30-28-20;/h1-2,7-10,13-14,24H,3-6,11-12H2;1H. The molecule has 31 heavy (non-hydrogen) atoms. The highest BCUT2D eigenvalue weighted by Gasteiger charge is 2.31. The third-order valence-electron chi connectivity index (χ3n) is 6.39. The molecule has 4 heterocycles. The van der Waals surface area contributed by atoms with Gasteiger partial charge in [-0.2, -0.15) is 0 Å². The van der Waals surface area contributed by atoms with Crippen molar-refractivity contribution in [1.82, 2.24) is 30.2 Å². The van der Waals surface area contributed by atoms with Gasteiger partial charge in [0.15, 0.2) is 5.82 Å². The lowest BCUT2D eigenvalue weighted by Crippen LogP contribution is -2.17. The minimum atomic E-state index is 0. The van der Waals surface area contributed by atoms with E-state index in [0.717, 1.165) is 65.7 Å². The van der Waals surface area contributed by atoms with Gasteiger partial charge in [0.2, 0.25) is 0 Å². The second-order valence-electron chi connectivity index (χ2n) is 8.16. The van der Waals surface area contributed by atoms with E-state index in [-0.39, 0.29) is 12.4 Å². The summed E-state index contributed by atoms with van der Waals surface area (Å²) in [4.78, 5) is 4.27. The minimum Gasteiger partial charge on any atom is -0.336 e. The van der Waals surface area contributed by atoms with Crippen LogP contribution in [0.2, 0.25) is 5.02 Å². The van der Waals surface area contributed by atoms with Crippen molar-refractivity contribution in [2.45, 2.75) is 50.6 Å². The third-order valence-corrected chi connectivity index (χ3v) is 6.63. The molecule has 1 fully saturated rings. The first-order valence-corrected chi connectivity index (χ1v) is 10.8. The molecule has 1 aromatic carbocycles. The number of aromatic nitrogens is 5. The number of hydrogen-bond acceptors (Lipinski definition) is 6. The minimum absolute atomic E-state index is 0. The molecule has 1 aliphatic heterocycles. The maximum atomic E-state index is 6.24. The maximum Gasteiger partial charge on any atom is 0.257 e. The van der Waals surface area contributed by atoms with Crippen LogP contribution in [-0.2, 0) is 13.1 Å². The number of nitrogens with zero attached hydrogens (tertiary/aromatic N) is 5. The SMILES string of the molecule is Cl.Clc1ccc2c(c1)CNCc1nnc(C3CCC(c4noc5ncccc45)CC3)n1-2. The zero-order valence-electron chi connectivity index (χ0n) is 16.8. The van der Waals surface area contributed by atoms with Gasteiger partial charge in [0.25, 0.3) is 5.71 Å². The molecule has 1 aliphatic carbocycles. The number of benzene rings is 1. The van der Waals surface area contributed by atoms with Crippen LogP contribution in [0.15, 0.2) is 41.1 Å². The Kier molecular flexibility index (Phi) is 5.42.